The Labute approximate surface area is 123 Å². The van der Waals surface area contributed by atoms with Gasteiger partial charge in [0.15, 0.2) is 0 Å². The maximum absolute atomic E-state index is 13.7. The highest BCUT2D eigenvalue weighted by atomic mass is 32.2. The Bertz CT molecular complexity index is 588. The molecule has 0 amide bonds. The van der Waals surface area contributed by atoms with E-state index in [4.69, 9.17) is 22.7 Å². The third-order valence-corrected chi connectivity index (χ3v) is 3.79. The van der Waals surface area contributed by atoms with Crippen molar-refractivity contribution in [3.8, 4) is 0 Å². The van der Waals surface area contributed by atoms with Crippen LogP contribution < -0.4 is 10.5 Å². The van der Waals surface area contributed by atoms with Gasteiger partial charge in [0.25, 0.3) is 0 Å². The minimum atomic E-state index is -3.66. The van der Waals surface area contributed by atoms with Gasteiger partial charge in [0.1, 0.15) is 10.8 Å². The van der Waals surface area contributed by atoms with Crippen LogP contribution in [0, 0.1) is 5.82 Å². The zero-order chi connectivity index (χ0) is 15.3. The van der Waals surface area contributed by atoms with Gasteiger partial charge in [-0.25, -0.2) is 12.8 Å². The lowest BCUT2D eigenvalue weighted by Crippen LogP contribution is -2.22. The Morgan fingerprint density at radius 2 is 2.15 bits per heavy atom. The number of rotatable bonds is 7. The molecule has 0 spiro atoms. The number of hydrogen-bond acceptors (Lipinski definition) is 4. The molecule has 0 aliphatic carbocycles. The van der Waals surface area contributed by atoms with Crippen LogP contribution in [0.15, 0.2) is 18.2 Å². The van der Waals surface area contributed by atoms with Crippen molar-refractivity contribution in [1.29, 1.82) is 0 Å². The topological polar surface area (TPSA) is 81.4 Å². The summed E-state index contributed by atoms with van der Waals surface area (Å²) in [5.41, 5.74) is 5.56. The molecule has 0 atom stereocenters. The van der Waals surface area contributed by atoms with E-state index in [0.29, 0.717) is 5.56 Å². The number of nitrogens with two attached hydrogens (primary N) is 1. The van der Waals surface area contributed by atoms with E-state index in [2.05, 4.69) is 4.72 Å². The maximum atomic E-state index is 13.7. The van der Waals surface area contributed by atoms with E-state index in [0.717, 1.165) is 6.07 Å². The van der Waals surface area contributed by atoms with Gasteiger partial charge in [-0.15, -0.1) is 0 Å². The smallest absolute Gasteiger partial charge is 0.235 e. The van der Waals surface area contributed by atoms with Gasteiger partial charge in [-0.2, -0.15) is 0 Å². The first-order valence-corrected chi connectivity index (χ1v) is 7.99. The number of ether oxygens (including phenoxy) is 1. The average Bonchev–Trinajstić information content (AvgIpc) is 2.30. The predicted octanol–water partition coefficient (Wildman–Crippen LogP) is 1.63. The molecule has 0 aromatic heterocycles. The SMILES string of the molecule is CC(C)OCCS(=O)(=O)Nc1ccc(C(N)=S)cc1F. The van der Waals surface area contributed by atoms with Crippen molar-refractivity contribution in [3.63, 3.8) is 0 Å². The lowest BCUT2D eigenvalue weighted by Gasteiger charge is -2.11. The van der Waals surface area contributed by atoms with Gasteiger partial charge in [-0.1, -0.05) is 12.2 Å². The lowest BCUT2D eigenvalue weighted by atomic mass is 10.2. The number of anilines is 1. The van der Waals surface area contributed by atoms with Crippen molar-refractivity contribution in [3.05, 3.63) is 29.6 Å². The van der Waals surface area contributed by atoms with Crippen LogP contribution in [-0.2, 0) is 14.8 Å². The van der Waals surface area contributed by atoms with Gasteiger partial charge in [0, 0.05) is 5.56 Å². The molecule has 1 aromatic rings. The summed E-state index contributed by atoms with van der Waals surface area (Å²) in [7, 11) is -3.66. The van der Waals surface area contributed by atoms with Crippen molar-refractivity contribution in [1.82, 2.24) is 0 Å². The predicted molar refractivity (Wildman–Crippen MR) is 80.8 cm³/mol. The maximum Gasteiger partial charge on any atom is 0.235 e. The first-order chi connectivity index (χ1) is 9.21. The summed E-state index contributed by atoms with van der Waals surface area (Å²) in [6.45, 7) is 3.64. The van der Waals surface area contributed by atoms with Crippen LogP contribution in [0.3, 0.4) is 0 Å². The average molecular weight is 320 g/mol. The molecule has 0 unspecified atom stereocenters. The zero-order valence-electron chi connectivity index (χ0n) is 11.2. The van der Waals surface area contributed by atoms with Crippen LogP contribution in [0.5, 0.6) is 0 Å². The molecule has 0 fully saturated rings. The highest BCUT2D eigenvalue weighted by Crippen LogP contribution is 2.17. The van der Waals surface area contributed by atoms with E-state index >= 15 is 0 Å². The second-order valence-corrected chi connectivity index (χ2v) is 6.68. The van der Waals surface area contributed by atoms with Crippen molar-refractivity contribution in [2.75, 3.05) is 17.1 Å². The molecule has 0 aliphatic heterocycles. The van der Waals surface area contributed by atoms with Gasteiger partial charge in [-0.3, -0.25) is 4.72 Å². The van der Waals surface area contributed by atoms with Gasteiger partial charge >= 0.3 is 0 Å². The molecular formula is C12H17FN2O3S2. The quantitative estimate of drug-likeness (QED) is 0.746. The second kappa shape index (κ2) is 6.96. The van der Waals surface area contributed by atoms with Crippen LogP contribution in [-0.4, -0.2) is 31.9 Å². The number of sulfonamides is 1. The first kappa shape index (κ1) is 16.8. The molecular weight excluding hydrogens is 303 g/mol. The Morgan fingerprint density at radius 3 is 2.65 bits per heavy atom. The summed E-state index contributed by atoms with van der Waals surface area (Å²) in [4.78, 5) is 0.0450. The summed E-state index contributed by atoms with van der Waals surface area (Å²) in [5.74, 6) is -0.981. The normalized spacial score (nSPS) is 11.6. The molecule has 0 saturated carbocycles. The van der Waals surface area contributed by atoms with Crippen LogP contribution >= 0.6 is 12.2 Å². The second-order valence-electron chi connectivity index (χ2n) is 4.40. The molecule has 112 valence electrons. The van der Waals surface area contributed by atoms with E-state index in [1.807, 2.05) is 0 Å². The van der Waals surface area contributed by atoms with Gasteiger partial charge in [0.05, 0.1) is 24.2 Å². The zero-order valence-corrected chi connectivity index (χ0v) is 12.9. The standard InChI is InChI=1S/C12H17FN2O3S2/c1-8(2)18-5-6-20(16,17)15-11-4-3-9(12(14)19)7-10(11)13/h3-4,7-8,15H,5-6H2,1-2H3,(H2,14,19). The lowest BCUT2D eigenvalue weighted by molar-refractivity contribution is 0.0913. The molecule has 8 heteroatoms. The van der Waals surface area contributed by atoms with Crippen LogP contribution in [0.4, 0.5) is 10.1 Å². The Morgan fingerprint density at radius 1 is 1.50 bits per heavy atom. The van der Waals surface area contributed by atoms with E-state index < -0.39 is 15.8 Å². The van der Waals surface area contributed by atoms with E-state index in [1.165, 1.54) is 12.1 Å². The van der Waals surface area contributed by atoms with Crippen molar-refractivity contribution in [2.45, 2.75) is 20.0 Å². The van der Waals surface area contributed by atoms with Gasteiger partial charge in [0.2, 0.25) is 10.0 Å². The van der Waals surface area contributed by atoms with Gasteiger partial charge in [-0.05, 0) is 32.0 Å². The molecule has 0 radical (unpaired) electrons. The molecule has 5 nitrogen and oxygen atoms in total. The molecule has 1 aromatic carbocycles. The molecule has 1 rings (SSSR count). The fraction of sp³-hybridized carbons (Fsp3) is 0.417. The van der Waals surface area contributed by atoms with Crippen LogP contribution in [0.2, 0.25) is 0 Å². The number of hydrogen-bond donors (Lipinski definition) is 2. The van der Waals surface area contributed by atoms with Gasteiger partial charge < -0.3 is 10.5 Å². The van der Waals surface area contributed by atoms with Crippen molar-refractivity contribution in [2.24, 2.45) is 5.73 Å². The van der Waals surface area contributed by atoms with E-state index in [1.54, 1.807) is 13.8 Å². The first-order valence-electron chi connectivity index (χ1n) is 5.93. The fourth-order valence-electron chi connectivity index (χ4n) is 1.36. The molecule has 3 N–H and O–H groups in total. The molecule has 0 saturated heterocycles. The summed E-state index contributed by atoms with van der Waals surface area (Å²) in [6.07, 6.45) is -0.0632. The minimum absolute atomic E-state index is 0.0413. The summed E-state index contributed by atoms with van der Waals surface area (Å²) < 4.78 is 44.5. The Balaban J connectivity index is 2.75. The molecule has 0 aliphatic rings. The summed E-state index contributed by atoms with van der Waals surface area (Å²) in [6, 6.07) is 3.82. The molecule has 0 heterocycles. The summed E-state index contributed by atoms with van der Waals surface area (Å²) in [5, 5.41) is 0. The largest absolute Gasteiger partial charge is 0.389 e. The third-order valence-electron chi connectivity index (χ3n) is 2.32. The van der Waals surface area contributed by atoms with Crippen molar-refractivity contribution < 1.29 is 17.5 Å². The number of halogens is 1. The summed E-state index contributed by atoms with van der Waals surface area (Å²) >= 11 is 4.71. The molecule has 0 bridgehead atoms. The molecule has 20 heavy (non-hydrogen) atoms. The van der Waals surface area contributed by atoms with Crippen LogP contribution in [0.25, 0.3) is 0 Å². The minimum Gasteiger partial charge on any atom is -0.389 e. The third kappa shape index (κ3) is 5.40. The van der Waals surface area contributed by atoms with Crippen LogP contribution in [0.1, 0.15) is 19.4 Å². The highest BCUT2D eigenvalue weighted by Gasteiger charge is 2.14. The number of benzene rings is 1. The number of nitrogens with one attached hydrogen (secondary N) is 1. The fourth-order valence-corrected chi connectivity index (χ4v) is 2.41. The van der Waals surface area contributed by atoms with E-state index in [9.17, 15) is 12.8 Å². The van der Waals surface area contributed by atoms with Crippen molar-refractivity contribution >= 4 is 32.9 Å². The Hall–Kier alpha value is -1.25. The number of thiocarbonyl (C=S) groups is 1. The monoisotopic (exact) mass is 320 g/mol. The van der Waals surface area contributed by atoms with E-state index in [-0.39, 0.29) is 29.1 Å². The Kier molecular flexibility index (Phi) is 5.85. The highest BCUT2D eigenvalue weighted by molar-refractivity contribution is 7.92.